The molecule has 2 N–H and O–H groups in total. The third kappa shape index (κ3) is 2.00. The summed E-state index contributed by atoms with van der Waals surface area (Å²) in [6.45, 7) is 1.73. The third-order valence-corrected chi connectivity index (χ3v) is 2.51. The summed E-state index contributed by atoms with van der Waals surface area (Å²) in [5.41, 5.74) is 0.890. The van der Waals surface area contributed by atoms with Gasteiger partial charge in [-0.05, 0) is 24.6 Å². The van der Waals surface area contributed by atoms with E-state index >= 15 is 0 Å². The number of ether oxygens (including phenoxy) is 1. The smallest absolute Gasteiger partial charge is 0.358 e. The summed E-state index contributed by atoms with van der Waals surface area (Å²) < 4.78 is 10.1. The number of aromatic hydroxyl groups is 1. The SMILES string of the molecule is COc1cc(C)c(O)cc1-c1cc(C(=O)O)no1. The lowest BCUT2D eigenvalue weighted by molar-refractivity contribution is 0.0686. The molecule has 2 aromatic rings. The molecule has 0 saturated carbocycles. The number of methoxy groups -OCH3 is 1. The molecule has 94 valence electrons. The minimum absolute atomic E-state index is 0.0686. The molecule has 1 aromatic heterocycles. The number of aromatic nitrogens is 1. The Morgan fingerprint density at radius 1 is 1.39 bits per heavy atom. The Balaban J connectivity index is 2.55. The topological polar surface area (TPSA) is 92.8 Å². The normalized spacial score (nSPS) is 10.3. The first-order valence-corrected chi connectivity index (χ1v) is 5.11. The number of rotatable bonds is 3. The molecule has 6 nitrogen and oxygen atoms in total. The van der Waals surface area contributed by atoms with Gasteiger partial charge in [0, 0.05) is 6.07 Å². The predicted octanol–water partition coefficient (Wildman–Crippen LogP) is 2.06. The molecule has 1 heterocycles. The summed E-state index contributed by atoms with van der Waals surface area (Å²) in [7, 11) is 1.48. The lowest BCUT2D eigenvalue weighted by Crippen LogP contribution is -1.94. The monoisotopic (exact) mass is 249 g/mol. The van der Waals surface area contributed by atoms with Crippen molar-refractivity contribution in [1.29, 1.82) is 0 Å². The van der Waals surface area contributed by atoms with Crippen molar-refractivity contribution in [2.45, 2.75) is 6.92 Å². The summed E-state index contributed by atoms with van der Waals surface area (Å²) >= 11 is 0. The highest BCUT2D eigenvalue weighted by atomic mass is 16.5. The number of benzene rings is 1. The Hall–Kier alpha value is -2.50. The van der Waals surface area contributed by atoms with E-state index < -0.39 is 5.97 Å². The van der Waals surface area contributed by atoms with Crippen LogP contribution in [0.4, 0.5) is 0 Å². The van der Waals surface area contributed by atoms with Crippen molar-refractivity contribution >= 4 is 5.97 Å². The number of aromatic carboxylic acids is 1. The maximum Gasteiger partial charge on any atom is 0.358 e. The van der Waals surface area contributed by atoms with E-state index in [-0.39, 0.29) is 17.2 Å². The minimum atomic E-state index is -1.18. The van der Waals surface area contributed by atoms with Crippen LogP contribution in [0.2, 0.25) is 0 Å². The summed E-state index contributed by atoms with van der Waals surface area (Å²) in [6.07, 6.45) is 0. The summed E-state index contributed by atoms with van der Waals surface area (Å²) in [6, 6.07) is 4.35. The molecule has 0 aliphatic carbocycles. The molecule has 0 aliphatic heterocycles. The molecular formula is C12H11NO5. The van der Waals surface area contributed by atoms with Crippen LogP contribution in [0.1, 0.15) is 16.1 Å². The number of aryl methyl sites for hydroxylation is 1. The highest BCUT2D eigenvalue weighted by Gasteiger charge is 2.17. The number of carboxylic acids is 1. The van der Waals surface area contributed by atoms with Crippen LogP contribution in [0, 0.1) is 6.92 Å². The van der Waals surface area contributed by atoms with Gasteiger partial charge in [0.2, 0.25) is 0 Å². The Kier molecular flexibility index (Phi) is 2.93. The van der Waals surface area contributed by atoms with E-state index in [4.69, 9.17) is 14.4 Å². The number of nitrogens with zero attached hydrogens (tertiary/aromatic N) is 1. The molecule has 0 saturated heterocycles. The highest BCUT2D eigenvalue weighted by molar-refractivity contribution is 5.86. The first kappa shape index (κ1) is 12.0. The molecule has 0 aliphatic rings. The molecule has 0 atom stereocenters. The van der Waals surface area contributed by atoms with Crippen LogP contribution in [-0.4, -0.2) is 28.4 Å². The second-order valence-electron chi connectivity index (χ2n) is 3.72. The Morgan fingerprint density at radius 2 is 2.11 bits per heavy atom. The summed E-state index contributed by atoms with van der Waals surface area (Å²) in [5, 5.41) is 21.8. The number of hydrogen-bond donors (Lipinski definition) is 2. The zero-order valence-corrected chi connectivity index (χ0v) is 9.80. The molecule has 0 spiro atoms. The van der Waals surface area contributed by atoms with Crippen LogP contribution in [0.3, 0.4) is 0 Å². The molecular weight excluding hydrogens is 238 g/mol. The van der Waals surface area contributed by atoms with Crippen molar-refractivity contribution in [2.24, 2.45) is 0 Å². The van der Waals surface area contributed by atoms with Gasteiger partial charge >= 0.3 is 5.97 Å². The zero-order chi connectivity index (χ0) is 13.3. The van der Waals surface area contributed by atoms with Gasteiger partial charge in [-0.3, -0.25) is 0 Å². The second kappa shape index (κ2) is 4.40. The first-order chi connectivity index (χ1) is 8.52. The van der Waals surface area contributed by atoms with Gasteiger partial charge in [0.25, 0.3) is 0 Å². The molecule has 0 fully saturated rings. The van der Waals surface area contributed by atoms with Crippen LogP contribution in [0.5, 0.6) is 11.5 Å². The quantitative estimate of drug-likeness (QED) is 0.864. The standard InChI is InChI=1S/C12H11NO5/c1-6-3-10(17-2)7(4-9(6)14)11-5-8(12(15)16)13-18-11/h3-5,14H,1-2H3,(H,15,16). The number of hydrogen-bond acceptors (Lipinski definition) is 5. The van der Waals surface area contributed by atoms with E-state index in [1.54, 1.807) is 13.0 Å². The van der Waals surface area contributed by atoms with Crippen LogP contribution in [-0.2, 0) is 0 Å². The van der Waals surface area contributed by atoms with E-state index in [1.165, 1.54) is 19.2 Å². The van der Waals surface area contributed by atoms with E-state index in [0.29, 0.717) is 16.9 Å². The van der Waals surface area contributed by atoms with Gasteiger partial charge in [-0.25, -0.2) is 4.79 Å². The lowest BCUT2D eigenvalue weighted by Gasteiger charge is -2.08. The van der Waals surface area contributed by atoms with E-state index in [1.807, 2.05) is 0 Å². The second-order valence-corrected chi connectivity index (χ2v) is 3.72. The summed E-state index contributed by atoms with van der Waals surface area (Å²) in [4.78, 5) is 10.7. The van der Waals surface area contributed by atoms with Gasteiger partial charge in [0.05, 0.1) is 12.7 Å². The summed E-state index contributed by atoms with van der Waals surface area (Å²) in [5.74, 6) is -0.419. The van der Waals surface area contributed by atoms with Gasteiger partial charge < -0.3 is 19.5 Å². The maximum absolute atomic E-state index is 10.7. The fraction of sp³-hybridized carbons (Fsp3) is 0.167. The molecule has 1 aromatic carbocycles. The fourth-order valence-corrected chi connectivity index (χ4v) is 1.53. The third-order valence-electron chi connectivity index (χ3n) is 2.51. The first-order valence-electron chi connectivity index (χ1n) is 5.11. The Labute approximate surface area is 102 Å². The van der Waals surface area contributed by atoms with Gasteiger partial charge in [-0.2, -0.15) is 0 Å². The molecule has 2 rings (SSSR count). The van der Waals surface area contributed by atoms with Crippen molar-refractivity contribution in [1.82, 2.24) is 5.16 Å². The fourth-order valence-electron chi connectivity index (χ4n) is 1.53. The van der Waals surface area contributed by atoms with Crippen molar-refractivity contribution in [3.05, 3.63) is 29.5 Å². The molecule has 0 bridgehead atoms. The lowest BCUT2D eigenvalue weighted by atomic mass is 10.1. The van der Waals surface area contributed by atoms with Crippen LogP contribution < -0.4 is 4.74 Å². The minimum Gasteiger partial charge on any atom is -0.508 e. The van der Waals surface area contributed by atoms with E-state index in [0.717, 1.165) is 0 Å². The average Bonchev–Trinajstić information content (AvgIpc) is 2.81. The highest BCUT2D eigenvalue weighted by Crippen LogP contribution is 2.35. The number of phenolic OH excluding ortho intramolecular Hbond substituents is 1. The predicted molar refractivity (Wildman–Crippen MR) is 61.9 cm³/mol. The van der Waals surface area contributed by atoms with Gasteiger partial charge in [-0.1, -0.05) is 5.16 Å². The molecule has 0 amide bonds. The van der Waals surface area contributed by atoms with Crippen molar-refractivity contribution in [3.8, 4) is 22.8 Å². The zero-order valence-electron chi connectivity index (χ0n) is 9.80. The van der Waals surface area contributed by atoms with Crippen molar-refractivity contribution < 1.29 is 24.3 Å². The van der Waals surface area contributed by atoms with E-state index in [9.17, 15) is 9.90 Å². The van der Waals surface area contributed by atoms with Gasteiger partial charge in [-0.15, -0.1) is 0 Å². The van der Waals surface area contributed by atoms with Crippen LogP contribution in [0.25, 0.3) is 11.3 Å². The van der Waals surface area contributed by atoms with Crippen molar-refractivity contribution in [3.63, 3.8) is 0 Å². The van der Waals surface area contributed by atoms with Gasteiger partial charge in [0.1, 0.15) is 11.5 Å². The number of carbonyl (C=O) groups is 1. The Morgan fingerprint density at radius 3 is 2.67 bits per heavy atom. The number of carboxylic acid groups (broad SMARTS) is 1. The number of phenols is 1. The molecule has 0 unspecified atom stereocenters. The molecule has 0 radical (unpaired) electrons. The molecule has 6 heteroatoms. The van der Waals surface area contributed by atoms with Crippen molar-refractivity contribution in [2.75, 3.05) is 7.11 Å². The van der Waals surface area contributed by atoms with Crippen LogP contribution >= 0.6 is 0 Å². The van der Waals surface area contributed by atoms with E-state index in [2.05, 4.69) is 5.16 Å². The van der Waals surface area contributed by atoms with Crippen LogP contribution in [0.15, 0.2) is 22.7 Å². The Bertz CT molecular complexity index is 603. The maximum atomic E-state index is 10.7. The average molecular weight is 249 g/mol. The van der Waals surface area contributed by atoms with Gasteiger partial charge in [0.15, 0.2) is 11.5 Å². The molecule has 18 heavy (non-hydrogen) atoms. The largest absolute Gasteiger partial charge is 0.508 e.